The molecule has 0 fully saturated rings. The molecule has 0 radical (unpaired) electrons. The summed E-state index contributed by atoms with van der Waals surface area (Å²) < 4.78 is 66.2. The van der Waals surface area contributed by atoms with Gasteiger partial charge in [-0.25, -0.2) is 13.3 Å². The Bertz CT molecular complexity index is 1410. The van der Waals surface area contributed by atoms with E-state index < -0.39 is 29.2 Å². The van der Waals surface area contributed by atoms with Gasteiger partial charge in [-0.3, -0.25) is 4.55 Å². The fourth-order valence-electron chi connectivity index (χ4n) is 3.48. The number of thiophene rings is 2. The van der Waals surface area contributed by atoms with Crippen LogP contribution in [0.25, 0.3) is 21.0 Å². The lowest BCUT2D eigenvalue weighted by atomic mass is 10.0. The van der Waals surface area contributed by atoms with Gasteiger partial charge in [0.2, 0.25) is 5.76 Å². The van der Waals surface area contributed by atoms with E-state index >= 15 is 0 Å². The molecule has 1 atom stereocenters. The van der Waals surface area contributed by atoms with E-state index in [1.807, 2.05) is 24.3 Å². The number of aromatic nitrogens is 1. The number of anilines is 2. The molecule has 190 valence electrons. The smallest absolute Gasteiger partial charge is 0.452 e. The van der Waals surface area contributed by atoms with Gasteiger partial charge in [0.25, 0.3) is 11.3 Å². The fraction of sp³-hybridized carbons (Fsp3) is 0.217. The Morgan fingerprint density at radius 3 is 2.36 bits per heavy atom. The molecule has 0 aliphatic heterocycles. The number of halogens is 3. The third-order valence-corrected chi connectivity index (χ3v) is 8.07. The van der Waals surface area contributed by atoms with Gasteiger partial charge < -0.3 is 9.63 Å². The standard InChI is InChI=1S/C23H19F3N2O5S3/c1-12(2)9-13-3-5-14(6-4-13)18-11-16(21(35-18)22(29)30)28(36(31)32)20-8-7-17(34-20)15-10-19(33-27-15)23(24,25)26/h3-8,10-12H,9H2,1-2H3,(H,29,30)(H,31,32). The number of carboxylic acid groups (broad SMARTS) is 1. The Labute approximate surface area is 214 Å². The Kier molecular flexibility index (Phi) is 7.36. The number of nitrogens with zero attached hydrogens (tertiary/aromatic N) is 2. The van der Waals surface area contributed by atoms with Crippen LogP contribution in [0, 0.1) is 5.92 Å². The van der Waals surface area contributed by atoms with Gasteiger partial charge in [-0.2, -0.15) is 13.2 Å². The van der Waals surface area contributed by atoms with Crippen LogP contribution in [-0.2, 0) is 23.9 Å². The van der Waals surface area contributed by atoms with Crippen LogP contribution in [0.15, 0.2) is 53.1 Å². The minimum absolute atomic E-state index is 0.0147. The number of hydrogen-bond acceptors (Lipinski definition) is 6. The van der Waals surface area contributed by atoms with E-state index in [0.29, 0.717) is 10.8 Å². The summed E-state index contributed by atoms with van der Waals surface area (Å²) in [5.41, 5.74) is 1.76. The van der Waals surface area contributed by atoms with Gasteiger partial charge in [0, 0.05) is 10.9 Å². The van der Waals surface area contributed by atoms with Crippen molar-refractivity contribution < 1.29 is 36.4 Å². The Morgan fingerprint density at radius 1 is 1.11 bits per heavy atom. The highest BCUT2D eigenvalue weighted by atomic mass is 32.2. The number of hydrogen-bond donors (Lipinski definition) is 2. The highest BCUT2D eigenvalue weighted by Crippen LogP contribution is 2.44. The van der Waals surface area contributed by atoms with Gasteiger partial charge >= 0.3 is 12.1 Å². The van der Waals surface area contributed by atoms with Crippen LogP contribution in [-0.4, -0.2) is 25.0 Å². The molecular weight excluding hydrogens is 537 g/mol. The van der Waals surface area contributed by atoms with E-state index in [9.17, 15) is 31.8 Å². The zero-order valence-electron chi connectivity index (χ0n) is 18.8. The second-order valence-electron chi connectivity index (χ2n) is 8.16. The number of benzene rings is 1. The first-order valence-corrected chi connectivity index (χ1v) is 13.2. The summed E-state index contributed by atoms with van der Waals surface area (Å²) in [6, 6.07) is 12.7. The molecule has 36 heavy (non-hydrogen) atoms. The first-order chi connectivity index (χ1) is 16.9. The van der Waals surface area contributed by atoms with Crippen LogP contribution in [0.3, 0.4) is 0 Å². The molecule has 0 aliphatic carbocycles. The molecule has 7 nitrogen and oxygen atoms in total. The summed E-state index contributed by atoms with van der Waals surface area (Å²) in [5, 5.41) is 13.4. The molecule has 3 heterocycles. The van der Waals surface area contributed by atoms with E-state index in [1.54, 1.807) is 0 Å². The summed E-state index contributed by atoms with van der Waals surface area (Å²) >= 11 is -0.850. The quantitative estimate of drug-likeness (QED) is 0.220. The predicted octanol–water partition coefficient (Wildman–Crippen LogP) is 7.32. The SMILES string of the molecule is CC(C)Cc1ccc(-c2cc(N(c3ccc(-c4cc(C(F)(F)F)on4)s3)S(=O)O)c(C(=O)O)s2)cc1. The van der Waals surface area contributed by atoms with Crippen molar-refractivity contribution in [2.45, 2.75) is 26.4 Å². The van der Waals surface area contributed by atoms with Gasteiger partial charge in [0.05, 0.1) is 10.6 Å². The van der Waals surface area contributed by atoms with E-state index in [2.05, 4.69) is 23.5 Å². The Balaban J connectivity index is 1.71. The van der Waals surface area contributed by atoms with Crippen LogP contribution >= 0.6 is 22.7 Å². The molecule has 13 heteroatoms. The first kappa shape index (κ1) is 26.1. The monoisotopic (exact) mass is 556 g/mol. The van der Waals surface area contributed by atoms with Crippen molar-refractivity contribution in [3.8, 4) is 21.0 Å². The second-order valence-corrected chi connectivity index (χ2v) is 11.1. The molecular formula is C23H19F3N2O5S3. The molecule has 4 rings (SSSR count). The van der Waals surface area contributed by atoms with Gasteiger partial charge in [-0.1, -0.05) is 43.3 Å². The topological polar surface area (TPSA) is 104 Å². The minimum atomic E-state index is -4.71. The summed E-state index contributed by atoms with van der Waals surface area (Å²) in [6.07, 6.45) is -3.81. The molecule has 0 aliphatic rings. The zero-order chi connectivity index (χ0) is 26.2. The Morgan fingerprint density at radius 2 is 1.81 bits per heavy atom. The van der Waals surface area contributed by atoms with E-state index in [0.717, 1.165) is 50.6 Å². The molecule has 3 aromatic heterocycles. The van der Waals surface area contributed by atoms with Crippen molar-refractivity contribution in [3.05, 3.63) is 64.7 Å². The molecule has 1 unspecified atom stereocenters. The normalized spacial score (nSPS) is 12.8. The highest BCUT2D eigenvalue weighted by Gasteiger charge is 2.36. The number of rotatable bonds is 8. The first-order valence-electron chi connectivity index (χ1n) is 10.5. The van der Waals surface area contributed by atoms with Crippen LogP contribution in [0.5, 0.6) is 0 Å². The van der Waals surface area contributed by atoms with Crippen LogP contribution in [0.4, 0.5) is 23.9 Å². The maximum atomic E-state index is 12.9. The Hall–Kier alpha value is -3.00. The number of aromatic carboxylic acids is 1. The molecule has 0 amide bonds. The molecule has 0 bridgehead atoms. The van der Waals surface area contributed by atoms with Crippen molar-refractivity contribution in [1.29, 1.82) is 0 Å². The third-order valence-electron chi connectivity index (χ3n) is 5.00. The summed E-state index contributed by atoms with van der Waals surface area (Å²) in [7, 11) is 0. The van der Waals surface area contributed by atoms with Crippen LogP contribution < -0.4 is 4.31 Å². The molecule has 1 aromatic carbocycles. The van der Waals surface area contributed by atoms with Crippen molar-refractivity contribution in [1.82, 2.24) is 5.16 Å². The minimum Gasteiger partial charge on any atom is -0.477 e. The number of carboxylic acids is 1. The largest absolute Gasteiger partial charge is 0.477 e. The molecule has 0 saturated carbocycles. The van der Waals surface area contributed by atoms with Crippen molar-refractivity contribution in [2.75, 3.05) is 4.31 Å². The van der Waals surface area contributed by atoms with Gasteiger partial charge in [-0.15, -0.1) is 22.7 Å². The van der Waals surface area contributed by atoms with Crippen LogP contribution in [0.2, 0.25) is 0 Å². The van der Waals surface area contributed by atoms with Crippen LogP contribution in [0.1, 0.15) is 34.8 Å². The second kappa shape index (κ2) is 10.2. The lowest BCUT2D eigenvalue weighted by Gasteiger charge is -2.17. The molecule has 4 aromatic rings. The highest BCUT2D eigenvalue weighted by molar-refractivity contribution is 7.81. The summed E-state index contributed by atoms with van der Waals surface area (Å²) in [5.74, 6) is -2.08. The third kappa shape index (κ3) is 5.53. The van der Waals surface area contributed by atoms with Gasteiger partial charge in [-0.05, 0) is 41.7 Å². The molecule has 0 spiro atoms. The van der Waals surface area contributed by atoms with E-state index in [1.165, 1.54) is 18.2 Å². The lowest BCUT2D eigenvalue weighted by Crippen LogP contribution is -2.19. The maximum Gasteiger partial charge on any atom is 0.452 e. The van der Waals surface area contributed by atoms with Crippen molar-refractivity contribution in [3.63, 3.8) is 0 Å². The average Bonchev–Trinajstić information content (AvgIpc) is 3.53. The summed E-state index contributed by atoms with van der Waals surface area (Å²) in [6.45, 7) is 4.21. The maximum absolute atomic E-state index is 12.9. The zero-order valence-corrected chi connectivity index (χ0v) is 21.2. The predicted molar refractivity (Wildman–Crippen MR) is 133 cm³/mol. The van der Waals surface area contributed by atoms with E-state index in [4.69, 9.17) is 0 Å². The number of carbonyl (C=O) groups is 1. The van der Waals surface area contributed by atoms with E-state index in [-0.39, 0.29) is 26.1 Å². The fourth-order valence-corrected chi connectivity index (χ4v) is 6.24. The van der Waals surface area contributed by atoms with Gasteiger partial charge in [0.15, 0.2) is 0 Å². The summed E-state index contributed by atoms with van der Waals surface area (Å²) in [4.78, 5) is 12.7. The average molecular weight is 557 g/mol. The van der Waals surface area contributed by atoms with Gasteiger partial charge in [0.1, 0.15) is 15.6 Å². The van der Waals surface area contributed by atoms with Crippen molar-refractivity contribution in [2.24, 2.45) is 5.92 Å². The molecule has 2 N–H and O–H groups in total. The molecule has 0 saturated heterocycles. The van der Waals surface area contributed by atoms with Crippen molar-refractivity contribution >= 4 is 50.6 Å². The lowest BCUT2D eigenvalue weighted by molar-refractivity contribution is -0.155. The number of alkyl halides is 3.